The van der Waals surface area contributed by atoms with Gasteiger partial charge in [0.2, 0.25) is 0 Å². The lowest BCUT2D eigenvalue weighted by atomic mass is 10.1. The predicted molar refractivity (Wildman–Crippen MR) is 112 cm³/mol. The minimum Gasteiger partial charge on any atom is -0.493 e. The van der Waals surface area contributed by atoms with Gasteiger partial charge in [0, 0.05) is 0 Å². The number of methoxy groups -OCH3 is 2. The van der Waals surface area contributed by atoms with Gasteiger partial charge in [-0.25, -0.2) is 9.38 Å². The van der Waals surface area contributed by atoms with E-state index >= 15 is 0 Å². The van der Waals surface area contributed by atoms with Crippen molar-refractivity contribution in [2.75, 3.05) is 14.2 Å². The smallest absolute Gasteiger partial charge is 0.274 e. The summed E-state index contributed by atoms with van der Waals surface area (Å²) >= 11 is 4.87. The maximum absolute atomic E-state index is 13.0. The zero-order chi connectivity index (χ0) is 19.3. The van der Waals surface area contributed by atoms with E-state index in [1.54, 1.807) is 18.6 Å². The summed E-state index contributed by atoms with van der Waals surface area (Å²) in [5.74, 6) is 1.22. The average molecular weight is 445 g/mol. The molecule has 0 aliphatic carbocycles. The summed E-state index contributed by atoms with van der Waals surface area (Å²) in [7, 11) is 3.17. The van der Waals surface area contributed by atoms with Crippen LogP contribution in [-0.4, -0.2) is 23.6 Å². The third-order valence-electron chi connectivity index (χ3n) is 4.43. The van der Waals surface area contributed by atoms with Gasteiger partial charge in [-0.2, -0.15) is 0 Å². The highest BCUT2D eigenvalue weighted by atomic mass is 79.9. The van der Waals surface area contributed by atoms with Gasteiger partial charge in [-0.15, -0.1) is 0 Å². The third-order valence-corrected chi connectivity index (χ3v) is 5.99. The molecule has 2 aromatic heterocycles. The van der Waals surface area contributed by atoms with Crippen LogP contribution in [0.1, 0.15) is 16.7 Å². The molecule has 0 N–H and O–H groups in total. The van der Waals surface area contributed by atoms with E-state index in [1.807, 2.05) is 38.1 Å². The molecular weight excluding hydrogens is 428 g/mol. The SMILES string of the molecule is COc1cc(C=c2sc3nc4c(C)cc(C)cc4n3c2=O)cc(Br)c1OC. The predicted octanol–water partition coefficient (Wildman–Crippen LogP) is 3.85. The number of fused-ring (bicyclic) bond motifs is 3. The fraction of sp³-hybridized carbons (Fsp3) is 0.200. The Kier molecular flexibility index (Phi) is 4.44. The molecule has 0 saturated carbocycles. The van der Waals surface area contributed by atoms with Crippen molar-refractivity contribution >= 4 is 49.3 Å². The Hall–Kier alpha value is -2.38. The van der Waals surface area contributed by atoms with Crippen molar-refractivity contribution in [1.82, 2.24) is 9.38 Å². The van der Waals surface area contributed by atoms with Crippen molar-refractivity contribution in [2.45, 2.75) is 13.8 Å². The Morgan fingerprint density at radius 1 is 1.15 bits per heavy atom. The van der Waals surface area contributed by atoms with E-state index in [0.717, 1.165) is 32.2 Å². The molecule has 2 heterocycles. The van der Waals surface area contributed by atoms with Gasteiger partial charge >= 0.3 is 0 Å². The summed E-state index contributed by atoms with van der Waals surface area (Å²) < 4.78 is 13.8. The molecule has 4 rings (SSSR count). The first-order chi connectivity index (χ1) is 12.9. The molecule has 0 amide bonds. The molecule has 4 aromatic rings. The summed E-state index contributed by atoms with van der Waals surface area (Å²) in [5.41, 5.74) is 4.71. The summed E-state index contributed by atoms with van der Waals surface area (Å²) in [6.45, 7) is 4.04. The topological polar surface area (TPSA) is 52.8 Å². The van der Waals surface area contributed by atoms with Crippen LogP contribution in [0.15, 0.2) is 33.5 Å². The Morgan fingerprint density at radius 2 is 1.93 bits per heavy atom. The Bertz CT molecular complexity index is 1310. The van der Waals surface area contributed by atoms with Crippen LogP contribution in [0.4, 0.5) is 0 Å². The summed E-state index contributed by atoms with van der Waals surface area (Å²) in [4.78, 5) is 18.4. The van der Waals surface area contributed by atoms with E-state index in [2.05, 4.69) is 27.0 Å². The van der Waals surface area contributed by atoms with Crippen LogP contribution in [0.2, 0.25) is 0 Å². The lowest BCUT2D eigenvalue weighted by Gasteiger charge is -2.10. The van der Waals surface area contributed by atoms with Gasteiger partial charge < -0.3 is 9.47 Å². The standard InChI is InChI=1S/C20H17BrN2O3S/c1-10-5-11(2)17-14(6-10)23-19(24)16(27-20(23)22-17)9-12-7-13(21)18(26-4)15(8-12)25-3/h5-9H,1-4H3. The number of halogens is 1. The fourth-order valence-electron chi connectivity index (χ4n) is 3.28. The molecule has 0 saturated heterocycles. The molecule has 7 heteroatoms. The van der Waals surface area contributed by atoms with Crippen molar-refractivity contribution in [3.63, 3.8) is 0 Å². The zero-order valence-corrected chi connectivity index (χ0v) is 17.7. The van der Waals surface area contributed by atoms with E-state index in [4.69, 9.17) is 9.47 Å². The van der Waals surface area contributed by atoms with Gasteiger partial charge in [0.25, 0.3) is 5.56 Å². The number of imidazole rings is 1. The Labute approximate surface area is 168 Å². The van der Waals surface area contributed by atoms with E-state index in [9.17, 15) is 4.79 Å². The fourth-order valence-corrected chi connectivity index (χ4v) is 4.88. The first kappa shape index (κ1) is 18.0. The van der Waals surface area contributed by atoms with Crippen LogP contribution in [0, 0.1) is 13.8 Å². The van der Waals surface area contributed by atoms with Crippen molar-refractivity contribution in [1.29, 1.82) is 0 Å². The number of aromatic nitrogens is 2. The van der Waals surface area contributed by atoms with Gasteiger partial charge in [0.15, 0.2) is 16.5 Å². The number of thiazole rings is 1. The van der Waals surface area contributed by atoms with Crippen molar-refractivity contribution in [3.05, 3.63) is 60.3 Å². The highest BCUT2D eigenvalue weighted by Crippen LogP contribution is 2.36. The molecule has 0 bridgehead atoms. The van der Waals surface area contributed by atoms with Crippen molar-refractivity contribution in [3.8, 4) is 11.5 Å². The van der Waals surface area contributed by atoms with Crippen LogP contribution < -0.4 is 19.6 Å². The zero-order valence-electron chi connectivity index (χ0n) is 15.3. The van der Waals surface area contributed by atoms with Crippen molar-refractivity contribution < 1.29 is 9.47 Å². The highest BCUT2D eigenvalue weighted by Gasteiger charge is 2.14. The summed E-state index contributed by atoms with van der Waals surface area (Å²) in [6.07, 6.45) is 1.85. The minimum absolute atomic E-state index is 0.0617. The number of hydrogen-bond acceptors (Lipinski definition) is 5. The third kappa shape index (κ3) is 2.91. The second-order valence-electron chi connectivity index (χ2n) is 6.33. The maximum Gasteiger partial charge on any atom is 0.274 e. The van der Waals surface area contributed by atoms with Crippen LogP contribution in [0.5, 0.6) is 11.5 Å². The quantitative estimate of drug-likeness (QED) is 0.481. The second-order valence-corrected chi connectivity index (χ2v) is 8.20. The molecule has 2 aromatic carbocycles. The first-order valence-corrected chi connectivity index (χ1v) is 9.89. The van der Waals surface area contributed by atoms with Gasteiger partial charge in [-0.05, 0) is 70.7 Å². The van der Waals surface area contributed by atoms with Gasteiger partial charge in [-0.1, -0.05) is 17.4 Å². The second kappa shape index (κ2) is 6.65. The van der Waals surface area contributed by atoms with Crippen LogP contribution in [0.25, 0.3) is 22.1 Å². The number of ether oxygens (including phenoxy) is 2. The molecule has 0 atom stereocenters. The van der Waals surface area contributed by atoms with Crippen LogP contribution >= 0.6 is 27.3 Å². The molecule has 0 aliphatic heterocycles. The normalized spacial score (nSPS) is 12.3. The van der Waals surface area contributed by atoms with E-state index < -0.39 is 0 Å². The lowest BCUT2D eigenvalue weighted by Crippen LogP contribution is -2.22. The van der Waals surface area contributed by atoms with Gasteiger partial charge in [-0.3, -0.25) is 4.79 Å². The van der Waals surface area contributed by atoms with E-state index in [1.165, 1.54) is 11.3 Å². The summed E-state index contributed by atoms with van der Waals surface area (Å²) in [5, 5.41) is 0. The lowest BCUT2D eigenvalue weighted by molar-refractivity contribution is 0.353. The van der Waals surface area contributed by atoms with Crippen LogP contribution in [0.3, 0.4) is 0 Å². The molecule has 0 unspecified atom stereocenters. The molecule has 5 nitrogen and oxygen atoms in total. The maximum atomic E-state index is 13.0. The van der Waals surface area contributed by atoms with Crippen LogP contribution in [-0.2, 0) is 0 Å². The van der Waals surface area contributed by atoms with Gasteiger partial charge in [0.05, 0.1) is 34.3 Å². The number of aryl methyl sites for hydroxylation is 2. The summed E-state index contributed by atoms with van der Waals surface area (Å²) in [6, 6.07) is 7.83. The number of nitrogens with zero attached hydrogens (tertiary/aromatic N) is 2. The largest absolute Gasteiger partial charge is 0.493 e. The minimum atomic E-state index is -0.0617. The molecular formula is C20H17BrN2O3S. The molecule has 138 valence electrons. The number of hydrogen-bond donors (Lipinski definition) is 0. The molecule has 0 radical (unpaired) electrons. The molecule has 0 aliphatic rings. The van der Waals surface area contributed by atoms with Gasteiger partial charge in [0.1, 0.15) is 0 Å². The average Bonchev–Trinajstić information content (AvgIpc) is 3.12. The van der Waals surface area contributed by atoms with E-state index in [0.29, 0.717) is 21.0 Å². The monoisotopic (exact) mass is 444 g/mol. The molecule has 27 heavy (non-hydrogen) atoms. The van der Waals surface area contributed by atoms with E-state index in [-0.39, 0.29) is 5.56 Å². The number of benzene rings is 2. The molecule has 0 spiro atoms. The Balaban J connectivity index is 1.96. The first-order valence-electron chi connectivity index (χ1n) is 8.28. The Morgan fingerprint density at radius 3 is 2.63 bits per heavy atom. The molecule has 0 fully saturated rings. The highest BCUT2D eigenvalue weighted by molar-refractivity contribution is 9.10. The number of rotatable bonds is 3. The van der Waals surface area contributed by atoms with Crippen molar-refractivity contribution in [2.24, 2.45) is 0 Å².